The van der Waals surface area contributed by atoms with Crippen molar-refractivity contribution in [2.75, 3.05) is 5.73 Å². The summed E-state index contributed by atoms with van der Waals surface area (Å²) in [7, 11) is 0. The van der Waals surface area contributed by atoms with Crippen LogP contribution in [0.15, 0.2) is 0 Å². The van der Waals surface area contributed by atoms with Crippen molar-refractivity contribution >= 4 is 17.3 Å². The van der Waals surface area contributed by atoms with Gasteiger partial charge < -0.3 is 5.73 Å². The van der Waals surface area contributed by atoms with Crippen LogP contribution in [0.4, 0.5) is 18.9 Å². The Bertz CT molecular complexity index is 348. The van der Waals surface area contributed by atoms with Gasteiger partial charge in [-0.2, -0.15) is 0 Å². The van der Waals surface area contributed by atoms with E-state index in [0.29, 0.717) is 0 Å². The van der Waals surface area contributed by atoms with Crippen molar-refractivity contribution in [3.63, 3.8) is 0 Å². The molecule has 0 heterocycles. The molecule has 0 aromatic heterocycles. The number of benzene rings is 1. The van der Waals surface area contributed by atoms with Crippen LogP contribution >= 0.6 is 11.6 Å². The number of nitrogens with two attached hydrogens (primary N) is 1. The van der Waals surface area contributed by atoms with Gasteiger partial charge in [-0.3, -0.25) is 0 Å². The second kappa shape index (κ2) is 3.69. The van der Waals surface area contributed by atoms with Gasteiger partial charge in [0.2, 0.25) is 0 Å². The number of rotatable bonds is 1. The van der Waals surface area contributed by atoms with Gasteiger partial charge in [0, 0.05) is 5.56 Å². The zero-order valence-corrected chi connectivity index (χ0v) is 8.42. The summed E-state index contributed by atoms with van der Waals surface area (Å²) in [5, 5.41) is -0.538. The molecular weight excluding hydrogens is 215 g/mol. The molecule has 1 nitrogen and oxygen atoms in total. The first-order valence-corrected chi connectivity index (χ1v) is 4.37. The Kier molecular flexibility index (Phi) is 2.95. The molecule has 1 aromatic rings. The van der Waals surface area contributed by atoms with E-state index in [1.807, 2.05) is 0 Å². The fourth-order valence-corrected chi connectivity index (χ4v) is 1.56. The fourth-order valence-electron chi connectivity index (χ4n) is 1.18. The van der Waals surface area contributed by atoms with E-state index >= 15 is 0 Å². The van der Waals surface area contributed by atoms with Crippen LogP contribution in [0.5, 0.6) is 0 Å². The molecule has 14 heavy (non-hydrogen) atoms. The fraction of sp³-hybridized carbons (Fsp3) is 0.333. The molecule has 0 aliphatic rings. The lowest BCUT2D eigenvalue weighted by Gasteiger charge is -2.12. The first-order valence-electron chi connectivity index (χ1n) is 3.99. The number of hydrogen-bond donors (Lipinski definition) is 1. The van der Waals surface area contributed by atoms with E-state index in [0.717, 1.165) is 0 Å². The van der Waals surface area contributed by atoms with Crippen molar-refractivity contribution < 1.29 is 13.2 Å². The van der Waals surface area contributed by atoms with Crippen LogP contribution in [0, 0.1) is 17.5 Å². The Morgan fingerprint density at radius 3 is 2.00 bits per heavy atom. The Morgan fingerprint density at radius 1 is 1.07 bits per heavy atom. The Morgan fingerprint density at radius 2 is 1.57 bits per heavy atom. The van der Waals surface area contributed by atoms with Crippen LogP contribution in [-0.2, 0) is 0 Å². The molecule has 0 unspecified atom stereocenters. The minimum atomic E-state index is -1.43. The van der Waals surface area contributed by atoms with E-state index in [9.17, 15) is 13.2 Å². The predicted octanol–water partition coefficient (Wildman–Crippen LogP) is 3.46. The van der Waals surface area contributed by atoms with Gasteiger partial charge in [0.1, 0.15) is 5.69 Å². The molecule has 0 fully saturated rings. The molecule has 5 heteroatoms. The molecule has 0 aliphatic carbocycles. The van der Waals surface area contributed by atoms with E-state index < -0.39 is 28.2 Å². The van der Waals surface area contributed by atoms with Crippen molar-refractivity contribution in [3.05, 3.63) is 28.0 Å². The zero-order chi connectivity index (χ0) is 11.0. The Balaban J connectivity index is 3.60. The predicted molar refractivity (Wildman–Crippen MR) is 49.8 cm³/mol. The first kappa shape index (κ1) is 11.2. The first-order chi connectivity index (χ1) is 6.37. The molecule has 0 saturated heterocycles. The summed E-state index contributed by atoms with van der Waals surface area (Å²) in [6, 6.07) is 0. The second-order valence-corrected chi connectivity index (χ2v) is 3.62. The van der Waals surface area contributed by atoms with Crippen molar-refractivity contribution in [1.82, 2.24) is 0 Å². The summed E-state index contributed by atoms with van der Waals surface area (Å²) in [5.74, 6) is -4.07. The second-order valence-electron chi connectivity index (χ2n) is 3.24. The van der Waals surface area contributed by atoms with Gasteiger partial charge in [-0.25, -0.2) is 13.2 Å². The van der Waals surface area contributed by atoms with Crippen molar-refractivity contribution in [1.29, 1.82) is 0 Å². The number of anilines is 1. The van der Waals surface area contributed by atoms with Crippen molar-refractivity contribution in [2.45, 2.75) is 19.8 Å². The summed E-state index contributed by atoms with van der Waals surface area (Å²) in [6.45, 7) is 3.22. The third-order valence-electron chi connectivity index (χ3n) is 1.91. The molecule has 78 valence electrons. The van der Waals surface area contributed by atoms with Gasteiger partial charge in [-0.1, -0.05) is 25.4 Å². The molecule has 0 amide bonds. The van der Waals surface area contributed by atoms with Crippen molar-refractivity contribution in [2.24, 2.45) is 0 Å². The maximum Gasteiger partial charge on any atom is 0.186 e. The lowest BCUT2D eigenvalue weighted by Crippen LogP contribution is -2.06. The van der Waals surface area contributed by atoms with Crippen LogP contribution < -0.4 is 5.73 Å². The van der Waals surface area contributed by atoms with Crippen LogP contribution in [-0.4, -0.2) is 0 Å². The Labute approximate surface area is 84.7 Å². The van der Waals surface area contributed by atoms with Gasteiger partial charge in [-0.15, -0.1) is 0 Å². The number of hydrogen-bond acceptors (Lipinski definition) is 1. The van der Waals surface area contributed by atoms with Crippen LogP contribution in [0.3, 0.4) is 0 Å². The van der Waals surface area contributed by atoms with Crippen LogP contribution in [0.2, 0.25) is 5.02 Å². The lowest BCUT2D eigenvalue weighted by molar-refractivity contribution is 0.493. The third kappa shape index (κ3) is 1.54. The normalized spacial score (nSPS) is 11.1. The van der Waals surface area contributed by atoms with Gasteiger partial charge >= 0.3 is 0 Å². The topological polar surface area (TPSA) is 26.0 Å². The molecular formula is C9H9ClF3N. The molecule has 0 spiro atoms. The van der Waals surface area contributed by atoms with Gasteiger partial charge in [0.05, 0.1) is 5.02 Å². The molecule has 1 aromatic carbocycles. The standard InChI is InChI=1S/C9H9ClF3N/c1-3(2)4-5(10)7(12)8(13)9(14)6(4)11/h3H,14H2,1-2H3. The maximum absolute atomic E-state index is 13.3. The van der Waals surface area contributed by atoms with E-state index in [1.165, 1.54) is 0 Å². The smallest absolute Gasteiger partial charge is 0.186 e. The largest absolute Gasteiger partial charge is 0.394 e. The molecule has 0 bridgehead atoms. The lowest BCUT2D eigenvalue weighted by atomic mass is 10.0. The van der Waals surface area contributed by atoms with Gasteiger partial charge in [0.15, 0.2) is 17.5 Å². The van der Waals surface area contributed by atoms with Gasteiger partial charge in [0.25, 0.3) is 0 Å². The van der Waals surface area contributed by atoms with Crippen molar-refractivity contribution in [3.8, 4) is 0 Å². The average Bonchev–Trinajstić information content (AvgIpc) is 2.11. The molecule has 0 saturated carbocycles. The van der Waals surface area contributed by atoms with E-state index in [2.05, 4.69) is 0 Å². The minimum absolute atomic E-state index is 0.0944. The molecule has 0 atom stereocenters. The summed E-state index contributed by atoms with van der Waals surface area (Å²) in [6.07, 6.45) is 0. The van der Waals surface area contributed by atoms with Crippen LogP contribution in [0.25, 0.3) is 0 Å². The minimum Gasteiger partial charge on any atom is -0.394 e. The van der Waals surface area contributed by atoms with Gasteiger partial charge in [-0.05, 0) is 5.92 Å². The third-order valence-corrected chi connectivity index (χ3v) is 2.28. The summed E-state index contributed by atoms with van der Waals surface area (Å²) < 4.78 is 39.2. The summed E-state index contributed by atoms with van der Waals surface area (Å²) in [4.78, 5) is 0. The van der Waals surface area contributed by atoms with Crippen LogP contribution in [0.1, 0.15) is 25.3 Å². The maximum atomic E-state index is 13.3. The van der Waals surface area contributed by atoms with E-state index in [-0.39, 0.29) is 11.5 Å². The highest BCUT2D eigenvalue weighted by Crippen LogP contribution is 2.34. The summed E-state index contributed by atoms with van der Waals surface area (Å²) >= 11 is 5.46. The monoisotopic (exact) mass is 223 g/mol. The highest BCUT2D eigenvalue weighted by atomic mass is 35.5. The number of halogens is 4. The average molecular weight is 224 g/mol. The quantitative estimate of drug-likeness (QED) is 0.440. The van der Waals surface area contributed by atoms with E-state index in [4.69, 9.17) is 17.3 Å². The van der Waals surface area contributed by atoms with E-state index in [1.54, 1.807) is 13.8 Å². The highest BCUT2D eigenvalue weighted by Gasteiger charge is 2.23. The molecule has 1 rings (SSSR count). The highest BCUT2D eigenvalue weighted by molar-refractivity contribution is 6.31. The number of nitrogen functional groups attached to an aromatic ring is 1. The summed E-state index contributed by atoms with van der Waals surface area (Å²) in [5.41, 5.74) is 4.12. The zero-order valence-electron chi connectivity index (χ0n) is 7.67. The molecule has 2 N–H and O–H groups in total. The molecule has 0 radical (unpaired) electrons. The SMILES string of the molecule is CC(C)c1c(F)c(N)c(F)c(F)c1Cl. The Hall–Kier alpha value is -0.900. The molecule has 0 aliphatic heterocycles.